The molecule has 1 saturated heterocycles. The van der Waals surface area contributed by atoms with E-state index < -0.39 is 0 Å². The van der Waals surface area contributed by atoms with Gasteiger partial charge < -0.3 is 9.97 Å². The van der Waals surface area contributed by atoms with Crippen molar-refractivity contribution in [3.8, 4) is 0 Å². The van der Waals surface area contributed by atoms with Crippen LogP contribution in [0.4, 0.5) is 0 Å². The van der Waals surface area contributed by atoms with E-state index in [9.17, 15) is 0 Å². The standard InChI is InChI=1S/C29H32N4/c1-2-19-17-33-14-12-24-22-8-4-6-10-26(22)31-29(24)28(33)15-20(19)16-32-13-11-23-21-7-3-5-9-25(21)30-27(23)18-32/h2-10,20,28,30-31H,11-18H2,1H3. The maximum Gasteiger partial charge on any atom is 0.0511 e. The Kier molecular flexibility index (Phi) is 4.53. The number of fused-ring (bicyclic) bond motifs is 8. The van der Waals surface area contributed by atoms with E-state index in [-0.39, 0.29) is 0 Å². The molecule has 0 bridgehead atoms. The summed E-state index contributed by atoms with van der Waals surface area (Å²) in [5.41, 5.74) is 10.2. The van der Waals surface area contributed by atoms with Crippen LogP contribution >= 0.6 is 0 Å². The molecule has 4 nitrogen and oxygen atoms in total. The zero-order chi connectivity index (χ0) is 21.9. The molecule has 2 aromatic carbocycles. The lowest BCUT2D eigenvalue weighted by atomic mass is 9.81. The number of hydrogen-bond donors (Lipinski definition) is 2. The molecular weight excluding hydrogens is 404 g/mol. The van der Waals surface area contributed by atoms with Crippen LogP contribution in [-0.2, 0) is 19.4 Å². The predicted molar refractivity (Wildman–Crippen MR) is 135 cm³/mol. The fourth-order valence-electron chi connectivity index (χ4n) is 6.84. The third-order valence-electron chi connectivity index (χ3n) is 8.50. The normalized spacial score (nSPS) is 24.8. The lowest BCUT2D eigenvalue weighted by molar-refractivity contribution is 0.114. The second-order valence-corrected chi connectivity index (χ2v) is 10.2. The fraction of sp³-hybridized carbons (Fsp3) is 0.379. The highest BCUT2D eigenvalue weighted by Gasteiger charge is 2.38. The highest BCUT2D eigenvalue weighted by molar-refractivity contribution is 5.85. The Labute approximate surface area is 195 Å². The van der Waals surface area contributed by atoms with Gasteiger partial charge in [0.2, 0.25) is 0 Å². The van der Waals surface area contributed by atoms with E-state index in [2.05, 4.69) is 81.3 Å². The Morgan fingerprint density at radius 1 is 0.879 bits per heavy atom. The van der Waals surface area contributed by atoms with Gasteiger partial charge in [-0.15, -0.1) is 0 Å². The smallest absolute Gasteiger partial charge is 0.0511 e. The Bertz CT molecular complexity index is 1370. The van der Waals surface area contributed by atoms with Crippen LogP contribution < -0.4 is 0 Å². The minimum absolute atomic E-state index is 0.517. The number of aromatic nitrogens is 2. The molecule has 168 valence electrons. The van der Waals surface area contributed by atoms with E-state index in [1.165, 1.54) is 51.7 Å². The van der Waals surface area contributed by atoms with Crippen LogP contribution in [0.2, 0.25) is 0 Å². The first kappa shape index (κ1) is 19.6. The summed E-state index contributed by atoms with van der Waals surface area (Å²) in [5.74, 6) is 0.625. The molecule has 2 N–H and O–H groups in total. The van der Waals surface area contributed by atoms with Gasteiger partial charge >= 0.3 is 0 Å². The quantitative estimate of drug-likeness (QED) is 0.403. The van der Waals surface area contributed by atoms with E-state index in [0.29, 0.717) is 12.0 Å². The molecule has 2 atom stereocenters. The van der Waals surface area contributed by atoms with E-state index in [1.54, 1.807) is 11.1 Å². The summed E-state index contributed by atoms with van der Waals surface area (Å²) in [6.07, 6.45) is 5.93. The van der Waals surface area contributed by atoms with Crippen LogP contribution in [0.3, 0.4) is 0 Å². The summed E-state index contributed by atoms with van der Waals surface area (Å²) < 4.78 is 0. The summed E-state index contributed by atoms with van der Waals surface area (Å²) in [7, 11) is 0. The van der Waals surface area contributed by atoms with Crippen molar-refractivity contribution < 1.29 is 0 Å². The molecule has 4 aromatic rings. The molecule has 2 aromatic heterocycles. The Hall–Kier alpha value is -2.82. The maximum atomic E-state index is 3.82. The van der Waals surface area contributed by atoms with Crippen molar-refractivity contribution in [2.45, 2.75) is 38.8 Å². The molecule has 3 aliphatic heterocycles. The number of nitrogens with one attached hydrogen (secondary N) is 2. The van der Waals surface area contributed by atoms with Gasteiger partial charge in [0.15, 0.2) is 0 Å². The number of piperidine rings is 1. The third kappa shape index (κ3) is 3.12. The lowest BCUT2D eigenvalue weighted by Gasteiger charge is -2.45. The molecule has 0 radical (unpaired) electrons. The molecule has 0 saturated carbocycles. The molecule has 1 fully saturated rings. The van der Waals surface area contributed by atoms with Crippen LogP contribution in [-0.4, -0.2) is 45.9 Å². The second-order valence-electron chi connectivity index (χ2n) is 10.2. The van der Waals surface area contributed by atoms with E-state index in [0.717, 1.165) is 39.0 Å². The van der Waals surface area contributed by atoms with Gasteiger partial charge in [-0.25, -0.2) is 0 Å². The van der Waals surface area contributed by atoms with Crippen molar-refractivity contribution in [3.05, 3.63) is 82.7 Å². The van der Waals surface area contributed by atoms with Gasteiger partial charge in [0.25, 0.3) is 0 Å². The number of rotatable bonds is 2. The molecule has 0 amide bonds. The Morgan fingerprint density at radius 2 is 1.61 bits per heavy atom. The molecule has 7 rings (SSSR count). The van der Waals surface area contributed by atoms with Gasteiger partial charge in [-0.1, -0.05) is 48.0 Å². The van der Waals surface area contributed by atoms with Crippen molar-refractivity contribution >= 4 is 21.8 Å². The largest absolute Gasteiger partial charge is 0.357 e. The van der Waals surface area contributed by atoms with Crippen LogP contribution in [0.25, 0.3) is 21.8 Å². The number of nitrogens with zero attached hydrogens (tertiary/aromatic N) is 2. The summed E-state index contributed by atoms with van der Waals surface area (Å²) >= 11 is 0. The van der Waals surface area contributed by atoms with Crippen molar-refractivity contribution in [1.82, 2.24) is 19.8 Å². The van der Waals surface area contributed by atoms with Gasteiger partial charge in [-0.05, 0) is 55.4 Å². The minimum Gasteiger partial charge on any atom is -0.357 e. The summed E-state index contributed by atoms with van der Waals surface area (Å²) in [5, 5.41) is 2.85. The number of H-pyrrole nitrogens is 2. The zero-order valence-electron chi connectivity index (χ0n) is 19.4. The number of benzene rings is 2. The van der Waals surface area contributed by atoms with Gasteiger partial charge in [-0.2, -0.15) is 0 Å². The molecule has 2 unspecified atom stereocenters. The first-order valence-electron chi connectivity index (χ1n) is 12.6. The van der Waals surface area contributed by atoms with E-state index >= 15 is 0 Å². The molecule has 33 heavy (non-hydrogen) atoms. The SMILES string of the molecule is CC=C1CN2CCc3c([nH]c4ccccc34)C2CC1CN1CCc2c([nH]c3ccccc23)C1. The Morgan fingerprint density at radius 3 is 2.42 bits per heavy atom. The average Bonchev–Trinajstić information content (AvgIpc) is 3.41. The molecule has 3 aliphatic rings. The minimum atomic E-state index is 0.517. The van der Waals surface area contributed by atoms with Crippen molar-refractivity contribution in [3.63, 3.8) is 0 Å². The van der Waals surface area contributed by atoms with Crippen molar-refractivity contribution in [1.29, 1.82) is 0 Å². The number of allylic oxidation sites excluding steroid dienone is 1. The number of aromatic amines is 2. The van der Waals surface area contributed by atoms with E-state index in [4.69, 9.17) is 0 Å². The van der Waals surface area contributed by atoms with Crippen LogP contribution in [0.5, 0.6) is 0 Å². The molecule has 4 heteroatoms. The molecule has 0 aliphatic carbocycles. The fourth-order valence-corrected chi connectivity index (χ4v) is 6.84. The highest BCUT2D eigenvalue weighted by atomic mass is 15.2. The summed E-state index contributed by atoms with van der Waals surface area (Å²) in [4.78, 5) is 12.9. The predicted octanol–water partition coefficient (Wildman–Crippen LogP) is 5.57. The maximum absolute atomic E-state index is 3.82. The summed E-state index contributed by atoms with van der Waals surface area (Å²) in [6, 6.07) is 18.2. The van der Waals surface area contributed by atoms with Gasteiger partial charge in [0, 0.05) is 65.9 Å². The van der Waals surface area contributed by atoms with E-state index in [1.807, 2.05) is 0 Å². The van der Waals surface area contributed by atoms with Crippen LogP contribution in [0.1, 0.15) is 41.9 Å². The Balaban J connectivity index is 1.16. The van der Waals surface area contributed by atoms with Crippen LogP contribution in [0.15, 0.2) is 60.2 Å². The molecule has 5 heterocycles. The van der Waals surface area contributed by atoms with Gasteiger partial charge in [-0.3, -0.25) is 9.80 Å². The first-order valence-corrected chi connectivity index (χ1v) is 12.6. The first-order chi connectivity index (χ1) is 16.3. The highest BCUT2D eigenvalue weighted by Crippen LogP contribution is 2.43. The van der Waals surface area contributed by atoms with Crippen LogP contribution in [0, 0.1) is 5.92 Å². The zero-order valence-corrected chi connectivity index (χ0v) is 19.4. The molecule has 0 spiro atoms. The van der Waals surface area contributed by atoms with Gasteiger partial charge in [0.1, 0.15) is 0 Å². The topological polar surface area (TPSA) is 38.1 Å². The third-order valence-corrected chi connectivity index (χ3v) is 8.50. The molecular formula is C29H32N4. The monoisotopic (exact) mass is 436 g/mol. The van der Waals surface area contributed by atoms with Crippen molar-refractivity contribution in [2.24, 2.45) is 5.92 Å². The average molecular weight is 437 g/mol. The number of para-hydroxylation sites is 2. The number of hydrogen-bond acceptors (Lipinski definition) is 2. The van der Waals surface area contributed by atoms with Crippen molar-refractivity contribution in [2.75, 3.05) is 26.2 Å². The summed E-state index contributed by atoms with van der Waals surface area (Å²) in [6.45, 7) is 7.90. The lowest BCUT2D eigenvalue weighted by Crippen LogP contribution is -2.45. The van der Waals surface area contributed by atoms with Gasteiger partial charge in [0.05, 0.1) is 6.04 Å². The second kappa shape index (κ2) is 7.61.